The average Bonchev–Trinajstić information content (AvgIpc) is 3.21. The molecule has 5 heteroatoms. The van der Waals surface area contributed by atoms with Crippen molar-refractivity contribution in [1.29, 1.82) is 0 Å². The summed E-state index contributed by atoms with van der Waals surface area (Å²) in [6.07, 6.45) is 5.37. The van der Waals surface area contributed by atoms with Gasteiger partial charge >= 0.3 is 0 Å². The Labute approximate surface area is 188 Å². The van der Waals surface area contributed by atoms with E-state index >= 15 is 0 Å². The molecule has 31 heavy (non-hydrogen) atoms. The van der Waals surface area contributed by atoms with Gasteiger partial charge in [-0.2, -0.15) is 0 Å². The highest BCUT2D eigenvalue weighted by molar-refractivity contribution is 6.30. The quantitative estimate of drug-likeness (QED) is 0.605. The van der Waals surface area contributed by atoms with Gasteiger partial charge in [-0.15, -0.1) is 0 Å². The lowest BCUT2D eigenvalue weighted by atomic mass is 9.79. The fraction of sp³-hybridized carbons (Fsp3) is 0.346. The van der Waals surface area contributed by atoms with E-state index in [2.05, 4.69) is 66.3 Å². The molecule has 1 N–H and O–H groups in total. The summed E-state index contributed by atoms with van der Waals surface area (Å²) in [7, 11) is 0. The van der Waals surface area contributed by atoms with E-state index in [1.165, 1.54) is 33.2 Å². The number of amides is 1. The van der Waals surface area contributed by atoms with Crippen molar-refractivity contribution in [2.75, 3.05) is 19.6 Å². The lowest BCUT2D eigenvalue weighted by molar-refractivity contribution is -0.134. The predicted octanol–water partition coefficient (Wildman–Crippen LogP) is 5.13. The van der Waals surface area contributed by atoms with Crippen molar-refractivity contribution >= 4 is 34.0 Å². The molecule has 0 fully saturated rings. The molecule has 0 spiro atoms. The van der Waals surface area contributed by atoms with Crippen LogP contribution in [0.25, 0.3) is 16.5 Å². The van der Waals surface area contributed by atoms with Crippen molar-refractivity contribution in [2.45, 2.75) is 32.9 Å². The number of carbonyl (C=O) groups is 1. The molecule has 1 amide bonds. The van der Waals surface area contributed by atoms with Gasteiger partial charge < -0.3 is 9.88 Å². The maximum absolute atomic E-state index is 13.3. The lowest BCUT2D eigenvalue weighted by Gasteiger charge is -2.42. The first kappa shape index (κ1) is 20.3. The summed E-state index contributed by atoms with van der Waals surface area (Å²) in [5.74, 6) is 0.0956. The molecule has 0 saturated carbocycles. The van der Waals surface area contributed by atoms with Crippen molar-refractivity contribution in [1.82, 2.24) is 14.8 Å². The smallest absolute Gasteiger partial charge is 0.230 e. The largest absolute Gasteiger partial charge is 0.361 e. The first-order valence-corrected chi connectivity index (χ1v) is 11.5. The predicted molar refractivity (Wildman–Crippen MR) is 127 cm³/mol. The standard InChI is InChI=1S/C26H28ClN3O/c1-3-29(4-2)26(31)19-12-22-21-6-5-7-23-25(21)18(14-28-23)13-24(22)30(16-19)15-17-8-10-20(27)11-9-17/h5-12,14,19,24,28H,3-4,13,15-16H2,1-2H3/t19-,24-/m1/s1. The Morgan fingerprint density at radius 1 is 1.16 bits per heavy atom. The van der Waals surface area contributed by atoms with Crippen molar-refractivity contribution in [3.8, 4) is 0 Å². The molecule has 2 heterocycles. The van der Waals surface area contributed by atoms with Gasteiger partial charge in [-0.25, -0.2) is 0 Å². The van der Waals surface area contributed by atoms with E-state index in [0.717, 1.165) is 37.6 Å². The van der Waals surface area contributed by atoms with Crippen LogP contribution in [0.1, 0.15) is 30.5 Å². The highest BCUT2D eigenvalue weighted by Gasteiger charge is 2.38. The average molecular weight is 434 g/mol. The Bertz CT molecular complexity index is 1140. The minimum atomic E-state index is -0.130. The van der Waals surface area contributed by atoms with Crippen LogP contribution in [-0.4, -0.2) is 46.4 Å². The summed E-state index contributed by atoms with van der Waals surface area (Å²) >= 11 is 6.11. The van der Waals surface area contributed by atoms with E-state index in [1.54, 1.807) is 0 Å². The molecule has 1 aliphatic heterocycles. The number of aromatic amines is 1. The normalized spacial score (nSPS) is 20.4. The van der Waals surface area contributed by atoms with Crippen LogP contribution >= 0.6 is 11.6 Å². The van der Waals surface area contributed by atoms with E-state index in [1.807, 2.05) is 17.0 Å². The number of nitrogens with zero attached hydrogens (tertiary/aromatic N) is 2. The zero-order valence-corrected chi connectivity index (χ0v) is 18.8. The molecule has 2 aliphatic rings. The number of fused-ring (bicyclic) bond motifs is 2. The van der Waals surface area contributed by atoms with Crippen LogP contribution in [0, 0.1) is 5.92 Å². The van der Waals surface area contributed by atoms with Gasteiger partial charge in [0.25, 0.3) is 0 Å². The van der Waals surface area contributed by atoms with Crippen LogP contribution in [0.4, 0.5) is 0 Å². The summed E-state index contributed by atoms with van der Waals surface area (Å²) in [4.78, 5) is 21.2. The highest BCUT2D eigenvalue weighted by Crippen LogP contribution is 2.42. The third-order valence-electron chi connectivity index (χ3n) is 6.81. The van der Waals surface area contributed by atoms with Crippen LogP contribution in [0.3, 0.4) is 0 Å². The Balaban J connectivity index is 1.57. The molecular weight excluding hydrogens is 406 g/mol. The topological polar surface area (TPSA) is 39.3 Å². The molecule has 0 unspecified atom stereocenters. The van der Waals surface area contributed by atoms with Crippen LogP contribution in [0.15, 0.2) is 54.7 Å². The third kappa shape index (κ3) is 3.58. The maximum Gasteiger partial charge on any atom is 0.230 e. The first-order valence-electron chi connectivity index (χ1n) is 11.2. The van der Waals surface area contributed by atoms with Gasteiger partial charge in [0, 0.05) is 54.3 Å². The second-order valence-corrected chi connectivity index (χ2v) is 8.99. The van der Waals surface area contributed by atoms with E-state index in [0.29, 0.717) is 0 Å². The molecule has 1 aromatic heterocycles. The molecule has 5 rings (SSSR count). The first-order chi connectivity index (χ1) is 15.1. The minimum Gasteiger partial charge on any atom is -0.361 e. The number of hydrogen-bond acceptors (Lipinski definition) is 2. The van der Waals surface area contributed by atoms with E-state index in [-0.39, 0.29) is 17.9 Å². The fourth-order valence-corrected chi connectivity index (χ4v) is 5.38. The zero-order chi connectivity index (χ0) is 21.5. The number of nitrogens with one attached hydrogen (secondary N) is 1. The van der Waals surface area contributed by atoms with Crippen LogP contribution in [0.2, 0.25) is 5.02 Å². The fourth-order valence-electron chi connectivity index (χ4n) is 5.25. The molecule has 160 valence electrons. The van der Waals surface area contributed by atoms with Crippen molar-refractivity contribution in [3.05, 3.63) is 76.5 Å². The summed E-state index contributed by atoms with van der Waals surface area (Å²) in [6, 6.07) is 14.8. The van der Waals surface area contributed by atoms with Crippen molar-refractivity contribution in [2.24, 2.45) is 5.92 Å². The molecule has 4 nitrogen and oxygen atoms in total. The summed E-state index contributed by atoms with van der Waals surface area (Å²) in [6.45, 7) is 7.14. The SMILES string of the molecule is CCN(CC)C(=O)[C@@H]1C=C2c3cccc4[nH]cc(c34)C[C@H]2N(Cc2ccc(Cl)cc2)C1. The third-order valence-corrected chi connectivity index (χ3v) is 7.07. The second-order valence-electron chi connectivity index (χ2n) is 8.56. The van der Waals surface area contributed by atoms with Crippen molar-refractivity contribution < 1.29 is 4.79 Å². The van der Waals surface area contributed by atoms with Gasteiger partial charge in [-0.3, -0.25) is 9.69 Å². The van der Waals surface area contributed by atoms with Crippen molar-refractivity contribution in [3.63, 3.8) is 0 Å². The Morgan fingerprint density at radius 3 is 2.68 bits per heavy atom. The summed E-state index contributed by atoms with van der Waals surface area (Å²) in [5.41, 5.74) is 6.32. The summed E-state index contributed by atoms with van der Waals surface area (Å²) < 4.78 is 0. The van der Waals surface area contributed by atoms with E-state index < -0.39 is 0 Å². The van der Waals surface area contributed by atoms with E-state index in [9.17, 15) is 4.79 Å². The van der Waals surface area contributed by atoms with Gasteiger partial charge in [0.2, 0.25) is 5.91 Å². The number of carbonyl (C=O) groups excluding carboxylic acids is 1. The molecular formula is C26H28ClN3O. The molecule has 0 radical (unpaired) electrons. The number of benzene rings is 2. The molecule has 3 aromatic rings. The monoisotopic (exact) mass is 433 g/mol. The van der Waals surface area contributed by atoms with Crippen LogP contribution < -0.4 is 0 Å². The number of halogens is 1. The number of rotatable bonds is 5. The van der Waals surface area contributed by atoms with Crippen LogP contribution in [-0.2, 0) is 17.8 Å². The highest BCUT2D eigenvalue weighted by atomic mass is 35.5. The molecule has 1 aliphatic carbocycles. The van der Waals surface area contributed by atoms with Gasteiger partial charge in [0.15, 0.2) is 0 Å². The van der Waals surface area contributed by atoms with Gasteiger partial charge in [0.05, 0.1) is 5.92 Å². The molecule has 0 saturated heterocycles. The summed E-state index contributed by atoms with van der Waals surface area (Å²) in [5, 5.41) is 2.06. The van der Waals surface area contributed by atoms with Gasteiger partial charge in [-0.1, -0.05) is 41.9 Å². The van der Waals surface area contributed by atoms with Gasteiger partial charge in [-0.05, 0) is 60.7 Å². The molecule has 2 aromatic carbocycles. The minimum absolute atomic E-state index is 0.130. The molecule has 2 atom stereocenters. The zero-order valence-electron chi connectivity index (χ0n) is 18.1. The van der Waals surface area contributed by atoms with Crippen LogP contribution in [0.5, 0.6) is 0 Å². The molecule has 0 bridgehead atoms. The maximum atomic E-state index is 13.3. The van der Waals surface area contributed by atoms with Gasteiger partial charge in [0.1, 0.15) is 0 Å². The number of aromatic nitrogens is 1. The second kappa shape index (κ2) is 8.18. The number of H-pyrrole nitrogens is 1. The van der Waals surface area contributed by atoms with E-state index in [4.69, 9.17) is 11.6 Å². The Morgan fingerprint density at radius 2 is 1.94 bits per heavy atom. The Kier molecular flexibility index (Phi) is 5.37. The Hall–Kier alpha value is -2.56. The lowest BCUT2D eigenvalue weighted by Crippen LogP contribution is -2.48. The number of hydrogen-bond donors (Lipinski definition) is 1.